The van der Waals surface area contributed by atoms with Crippen LogP contribution in [0.2, 0.25) is 0 Å². The number of nitrogens with two attached hydrogens (primary N) is 1. The van der Waals surface area contributed by atoms with Crippen LogP contribution in [0.25, 0.3) is 0 Å². The molecular weight excluding hydrogens is 216 g/mol. The van der Waals surface area contributed by atoms with Gasteiger partial charge in [-0.15, -0.1) is 11.8 Å². The maximum absolute atomic E-state index is 11.5. The third-order valence-corrected chi connectivity index (χ3v) is 3.52. The molecule has 1 aromatic heterocycles. The van der Waals surface area contributed by atoms with Crippen molar-refractivity contribution >= 4 is 17.6 Å². The normalized spacial score (nSPS) is 25.7. The quantitative estimate of drug-likeness (QED) is 0.600. The molecule has 0 spiro atoms. The number of nitrogen functional groups attached to an aromatic ring is 1. The minimum atomic E-state index is -0.354. The zero-order chi connectivity index (χ0) is 10.8. The van der Waals surface area contributed by atoms with E-state index < -0.39 is 0 Å². The summed E-state index contributed by atoms with van der Waals surface area (Å²) in [7, 11) is 0. The molecule has 2 atom stereocenters. The highest BCUT2D eigenvalue weighted by Crippen LogP contribution is 2.29. The van der Waals surface area contributed by atoms with Gasteiger partial charge in [0.15, 0.2) is 0 Å². The van der Waals surface area contributed by atoms with Gasteiger partial charge in [-0.1, -0.05) is 0 Å². The molecule has 0 radical (unpaired) electrons. The van der Waals surface area contributed by atoms with Crippen molar-refractivity contribution in [1.29, 1.82) is 0 Å². The molecule has 15 heavy (non-hydrogen) atoms. The summed E-state index contributed by atoms with van der Waals surface area (Å²) >= 11 is 1.50. The van der Waals surface area contributed by atoms with E-state index in [0.717, 1.165) is 0 Å². The maximum Gasteiger partial charge on any atom is 0.350 e. The van der Waals surface area contributed by atoms with E-state index in [1.807, 2.05) is 0 Å². The number of rotatable bonds is 2. The summed E-state index contributed by atoms with van der Waals surface area (Å²) in [4.78, 5) is 15.1. The Labute approximate surface area is 90.5 Å². The summed E-state index contributed by atoms with van der Waals surface area (Å²) in [5.74, 6) is 0.228. The van der Waals surface area contributed by atoms with Crippen LogP contribution in [-0.2, 0) is 0 Å². The molecule has 0 saturated carbocycles. The lowest BCUT2D eigenvalue weighted by molar-refractivity contribution is 0.284. The third kappa shape index (κ3) is 2.14. The van der Waals surface area contributed by atoms with E-state index in [0.29, 0.717) is 6.54 Å². The van der Waals surface area contributed by atoms with Gasteiger partial charge in [0.1, 0.15) is 5.82 Å². The SMILES string of the molecule is Nc1ccn([C@H]2CN[C@@H](CO)S2)c(=O)n1. The molecule has 82 valence electrons. The number of thioether (sulfide) groups is 1. The van der Waals surface area contributed by atoms with Gasteiger partial charge in [0.05, 0.1) is 17.4 Å². The lowest BCUT2D eigenvalue weighted by Gasteiger charge is -2.11. The van der Waals surface area contributed by atoms with Crippen LogP contribution in [0.1, 0.15) is 5.37 Å². The molecule has 7 heteroatoms. The fourth-order valence-electron chi connectivity index (χ4n) is 1.43. The number of nitrogens with one attached hydrogen (secondary N) is 1. The van der Waals surface area contributed by atoms with Crippen molar-refractivity contribution in [3.63, 3.8) is 0 Å². The number of nitrogens with zero attached hydrogens (tertiary/aromatic N) is 2. The number of aromatic nitrogens is 2. The standard InChI is InChI=1S/C8H12N4O2S/c9-5-1-2-12(8(14)11-5)7-3-10-6(4-13)15-7/h1-2,6-7,10,13H,3-4H2,(H2,9,11,14)/t6-,7-/m1/s1. The first-order valence-corrected chi connectivity index (χ1v) is 5.49. The predicted molar refractivity (Wildman–Crippen MR) is 58.4 cm³/mol. The average Bonchev–Trinajstić information content (AvgIpc) is 2.66. The monoisotopic (exact) mass is 228 g/mol. The second-order valence-corrected chi connectivity index (χ2v) is 4.60. The van der Waals surface area contributed by atoms with Crippen molar-refractivity contribution in [2.24, 2.45) is 0 Å². The van der Waals surface area contributed by atoms with Gasteiger partial charge in [-0.2, -0.15) is 4.98 Å². The zero-order valence-corrected chi connectivity index (χ0v) is 8.78. The topological polar surface area (TPSA) is 93.2 Å². The van der Waals surface area contributed by atoms with Gasteiger partial charge >= 0.3 is 5.69 Å². The van der Waals surface area contributed by atoms with Gasteiger partial charge in [0.2, 0.25) is 0 Å². The van der Waals surface area contributed by atoms with Crippen molar-refractivity contribution < 1.29 is 5.11 Å². The van der Waals surface area contributed by atoms with Crippen LogP contribution in [-0.4, -0.2) is 33.2 Å². The number of aliphatic hydroxyl groups is 1. The first-order chi connectivity index (χ1) is 7.20. The summed E-state index contributed by atoms with van der Waals surface area (Å²) in [6, 6.07) is 1.59. The summed E-state index contributed by atoms with van der Waals surface area (Å²) in [5.41, 5.74) is 5.04. The van der Waals surface area contributed by atoms with Crippen LogP contribution in [0, 0.1) is 0 Å². The third-order valence-electron chi connectivity index (χ3n) is 2.17. The summed E-state index contributed by atoms with van der Waals surface area (Å²) < 4.78 is 1.52. The van der Waals surface area contributed by atoms with E-state index in [1.54, 1.807) is 12.3 Å². The van der Waals surface area contributed by atoms with Crippen molar-refractivity contribution in [2.45, 2.75) is 10.7 Å². The van der Waals surface area contributed by atoms with Gasteiger partial charge in [-0.3, -0.25) is 4.57 Å². The highest BCUT2D eigenvalue weighted by molar-refractivity contribution is 8.00. The molecule has 1 aliphatic rings. The van der Waals surface area contributed by atoms with Crippen LogP contribution in [0.5, 0.6) is 0 Å². The molecule has 0 bridgehead atoms. The fraction of sp³-hybridized carbons (Fsp3) is 0.500. The Balaban J connectivity index is 2.20. The molecule has 1 aromatic rings. The minimum absolute atomic E-state index is 0.0144. The van der Waals surface area contributed by atoms with Crippen LogP contribution < -0.4 is 16.7 Å². The highest BCUT2D eigenvalue weighted by atomic mass is 32.2. The van der Waals surface area contributed by atoms with Crippen LogP contribution in [0.4, 0.5) is 5.82 Å². The van der Waals surface area contributed by atoms with Gasteiger partial charge in [-0.05, 0) is 6.07 Å². The molecule has 4 N–H and O–H groups in total. The maximum atomic E-state index is 11.5. The van der Waals surface area contributed by atoms with Crippen molar-refractivity contribution in [1.82, 2.24) is 14.9 Å². The van der Waals surface area contributed by atoms with Gasteiger partial charge < -0.3 is 16.2 Å². The van der Waals surface area contributed by atoms with E-state index >= 15 is 0 Å². The second-order valence-electron chi connectivity index (χ2n) is 3.21. The van der Waals surface area contributed by atoms with Crippen LogP contribution in [0.15, 0.2) is 17.1 Å². The molecule has 6 nitrogen and oxygen atoms in total. The van der Waals surface area contributed by atoms with Crippen molar-refractivity contribution in [3.05, 3.63) is 22.7 Å². The van der Waals surface area contributed by atoms with Crippen LogP contribution in [0.3, 0.4) is 0 Å². The molecule has 1 saturated heterocycles. The molecule has 2 heterocycles. The Kier molecular flexibility index (Phi) is 2.94. The first kappa shape index (κ1) is 10.5. The number of aliphatic hydroxyl groups excluding tert-OH is 1. The van der Waals surface area contributed by atoms with Gasteiger partial charge in [0, 0.05) is 12.7 Å². The van der Waals surface area contributed by atoms with E-state index in [2.05, 4.69) is 10.3 Å². The van der Waals surface area contributed by atoms with E-state index in [9.17, 15) is 4.79 Å². The average molecular weight is 228 g/mol. The summed E-state index contributed by atoms with van der Waals surface area (Å²) in [6.45, 7) is 0.694. The second kappa shape index (κ2) is 4.21. The Hall–Kier alpha value is -1.05. The van der Waals surface area contributed by atoms with Gasteiger partial charge in [-0.25, -0.2) is 4.79 Å². The molecule has 2 rings (SSSR count). The van der Waals surface area contributed by atoms with E-state index in [4.69, 9.17) is 10.8 Å². The molecule has 0 amide bonds. The largest absolute Gasteiger partial charge is 0.394 e. The van der Waals surface area contributed by atoms with Crippen molar-refractivity contribution in [3.8, 4) is 0 Å². The van der Waals surface area contributed by atoms with Crippen LogP contribution >= 0.6 is 11.8 Å². The van der Waals surface area contributed by atoms with Crippen molar-refractivity contribution in [2.75, 3.05) is 18.9 Å². The van der Waals surface area contributed by atoms with E-state index in [-0.39, 0.29) is 28.9 Å². The Bertz CT molecular complexity index is 408. The first-order valence-electron chi connectivity index (χ1n) is 4.55. The lowest BCUT2D eigenvalue weighted by Crippen LogP contribution is -2.28. The zero-order valence-electron chi connectivity index (χ0n) is 7.96. The predicted octanol–water partition coefficient (Wildman–Crippen LogP) is -1.02. The summed E-state index contributed by atoms with van der Waals surface area (Å²) in [6.07, 6.45) is 1.63. The fourth-order valence-corrected chi connectivity index (χ4v) is 2.58. The summed E-state index contributed by atoms with van der Waals surface area (Å²) in [5, 5.41) is 12.0. The minimum Gasteiger partial charge on any atom is -0.394 e. The smallest absolute Gasteiger partial charge is 0.350 e. The number of anilines is 1. The van der Waals surface area contributed by atoms with Gasteiger partial charge in [0.25, 0.3) is 0 Å². The Morgan fingerprint density at radius 3 is 3.20 bits per heavy atom. The molecule has 0 unspecified atom stereocenters. The molecule has 1 aliphatic heterocycles. The lowest BCUT2D eigenvalue weighted by atomic mass is 10.5. The number of hydrogen-bond acceptors (Lipinski definition) is 6. The Morgan fingerprint density at radius 2 is 2.60 bits per heavy atom. The Morgan fingerprint density at radius 1 is 1.80 bits per heavy atom. The molecule has 0 aromatic carbocycles. The number of hydrogen-bond donors (Lipinski definition) is 3. The molecule has 1 fully saturated rings. The van der Waals surface area contributed by atoms with E-state index in [1.165, 1.54) is 16.3 Å². The molecular formula is C8H12N4O2S. The highest BCUT2D eigenvalue weighted by Gasteiger charge is 2.25. The molecule has 0 aliphatic carbocycles.